The van der Waals surface area contributed by atoms with Crippen LogP contribution >= 0.6 is 0 Å². The molecule has 0 aromatic carbocycles. The molecule has 0 saturated carbocycles. The monoisotopic (exact) mass is 231 g/mol. The van der Waals surface area contributed by atoms with Crippen LogP contribution in [0.25, 0.3) is 0 Å². The molecule has 0 aromatic heterocycles. The first kappa shape index (κ1) is 14.9. The van der Waals surface area contributed by atoms with E-state index in [9.17, 15) is 9.59 Å². The minimum absolute atomic E-state index is 0.118. The van der Waals surface area contributed by atoms with Crippen molar-refractivity contribution in [3.63, 3.8) is 0 Å². The first-order valence-corrected chi connectivity index (χ1v) is 5.20. The van der Waals surface area contributed by atoms with Gasteiger partial charge in [-0.3, -0.25) is 9.59 Å². The fraction of sp³-hybridized carbons (Fsp3) is 0.800. The highest BCUT2D eigenvalue weighted by atomic mass is 16.5. The number of hydrogen-bond acceptors (Lipinski definition) is 4. The minimum Gasteiger partial charge on any atom is -0.383 e. The summed E-state index contributed by atoms with van der Waals surface area (Å²) in [4.78, 5) is 22.5. The van der Waals surface area contributed by atoms with Crippen LogP contribution < -0.4 is 16.4 Å². The number of rotatable bonds is 7. The Hall–Kier alpha value is -1.14. The molecule has 4 N–H and O–H groups in total. The predicted octanol–water partition coefficient (Wildman–Crippen LogP) is -1.01. The van der Waals surface area contributed by atoms with E-state index in [-0.39, 0.29) is 24.8 Å². The quantitative estimate of drug-likeness (QED) is 0.490. The van der Waals surface area contributed by atoms with Gasteiger partial charge in [0.25, 0.3) is 0 Å². The van der Waals surface area contributed by atoms with Gasteiger partial charge in [-0.05, 0) is 13.8 Å². The fourth-order valence-electron chi connectivity index (χ4n) is 0.898. The van der Waals surface area contributed by atoms with Crippen molar-refractivity contribution in [1.29, 1.82) is 0 Å². The summed E-state index contributed by atoms with van der Waals surface area (Å²) in [5, 5.41) is 5.24. The van der Waals surface area contributed by atoms with Gasteiger partial charge in [0.2, 0.25) is 11.8 Å². The molecule has 0 atom stereocenters. The van der Waals surface area contributed by atoms with Crippen molar-refractivity contribution in [3.05, 3.63) is 0 Å². The maximum Gasteiger partial charge on any atom is 0.239 e. The first-order valence-electron chi connectivity index (χ1n) is 5.20. The Kier molecular flexibility index (Phi) is 6.67. The van der Waals surface area contributed by atoms with E-state index < -0.39 is 5.54 Å². The summed E-state index contributed by atoms with van der Waals surface area (Å²) in [6, 6.07) is 0. The van der Waals surface area contributed by atoms with Crippen LogP contribution in [-0.4, -0.2) is 44.2 Å². The van der Waals surface area contributed by atoms with Crippen LogP contribution in [0.5, 0.6) is 0 Å². The Balaban J connectivity index is 3.59. The van der Waals surface area contributed by atoms with E-state index in [4.69, 9.17) is 10.5 Å². The summed E-state index contributed by atoms with van der Waals surface area (Å²) in [6.45, 7) is 4.47. The molecule has 0 bridgehead atoms. The van der Waals surface area contributed by atoms with Crippen LogP contribution in [0.15, 0.2) is 0 Å². The molecular weight excluding hydrogens is 210 g/mol. The van der Waals surface area contributed by atoms with Gasteiger partial charge in [0.05, 0.1) is 12.1 Å². The van der Waals surface area contributed by atoms with Crippen molar-refractivity contribution in [3.8, 4) is 0 Å². The van der Waals surface area contributed by atoms with E-state index >= 15 is 0 Å². The van der Waals surface area contributed by atoms with E-state index in [2.05, 4.69) is 10.6 Å². The molecular formula is C10H21N3O3. The zero-order valence-corrected chi connectivity index (χ0v) is 10.1. The maximum atomic E-state index is 11.3. The van der Waals surface area contributed by atoms with Crippen LogP contribution in [-0.2, 0) is 14.3 Å². The molecule has 6 nitrogen and oxygen atoms in total. The molecule has 0 saturated heterocycles. The smallest absolute Gasteiger partial charge is 0.239 e. The Labute approximate surface area is 95.9 Å². The molecule has 0 fully saturated rings. The third-order valence-electron chi connectivity index (χ3n) is 1.85. The summed E-state index contributed by atoms with van der Waals surface area (Å²) < 4.78 is 4.78. The van der Waals surface area contributed by atoms with Gasteiger partial charge >= 0.3 is 0 Å². The van der Waals surface area contributed by atoms with Gasteiger partial charge in [0.15, 0.2) is 0 Å². The average molecular weight is 231 g/mol. The largest absolute Gasteiger partial charge is 0.383 e. The normalized spacial score (nSPS) is 11.0. The standard InChI is InChI=1S/C10H21N3O3/c1-10(2,11)9(15)13-5-4-8(14)12-6-7-16-3/h4-7,11H2,1-3H3,(H,12,14)(H,13,15). The molecule has 0 unspecified atom stereocenters. The number of amides is 2. The van der Waals surface area contributed by atoms with E-state index in [1.165, 1.54) is 0 Å². The second-order valence-electron chi connectivity index (χ2n) is 4.07. The zero-order valence-electron chi connectivity index (χ0n) is 10.1. The zero-order chi connectivity index (χ0) is 12.6. The molecule has 0 heterocycles. The molecule has 0 aromatic rings. The molecule has 0 rings (SSSR count). The molecule has 0 spiro atoms. The van der Waals surface area contributed by atoms with Gasteiger partial charge < -0.3 is 21.1 Å². The molecule has 0 radical (unpaired) electrons. The van der Waals surface area contributed by atoms with E-state index in [0.29, 0.717) is 13.2 Å². The van der Waals surface area contributed by atoms with Crippen molar-refractivity contribution in [2.24, 2.45) is 5.73 Å². The number of hydrogen-bond donors (Lipinski definition) is 3. The van der Waals surface area contributed by atoms with Crippen molar-refractivity contribution in [1.82, 2.24) is 10.6 Å². The van der Waals surface area contributed by atoms with E-state index in [1.54, 1.807) is 21.0 Å². The topological polar surface area (TPSA) is 93.5 Å². The maximum absolute atomic E-state index is 11.3. The number of carbonyl (C=O) groups is 2. The molecule has 16 heavy (non-hydrogen) atoms. The average Bonchev–Trinajstić information content (AvgIpc) is 2.16. The first-order chi connectivity index (χ1) is 7.38. The lowest BCUT2D eigenvalue weighted by atomic mass is 10.1. The highest BCUT2D eigenvalue weighted by Gasteiger charge is 2.21. The number of nitrogens with one attached hydrogen (secondary N) is 2. The Morgan fingerprint density at radius 1 is 1.25 bits per heavy atom. The van der Waals surface area contributed by atoms with Crippen LogP contribution in [0.1, 0.15) is 20.3 Å². The number of methoxy groups -OCH3 is 1. The number of carbonyl (C=O) groups excluding carboxylic acids is 2. The van der Waals surface area contributed by atoms with Crippen LogP contribution in [0.3, 0.4) is 0 Å². The van der Waals surface area contributed by atoms with Crippen molar-refractivity contribution < 1.29 is 14.3 Å². The third-order valence-corrected chi connectivity index (χ3v) is 1.85. The molecule has 0 aliphatic carbocycles. The van der Waals surface area contributed by atoms with Gasteiger partial charge in [0.1, 0.15) is 0 Å². The summed E-state index contributed by atoms with van der Waals surface area (Å²) in [7, 11) is 1.57. The van der Waals surface area contributed by atoms with Gasteiger partial charge in [-0.25, -0.2) is 0 Å². The van der Waals surface area contributed by atoms with Crippen LogP contribution in [0, 0.1) is 0 Å². The molecule has 0 aliphatic rings. The molecule has 94 valence electrons. The minimum atomic E-state index is -0.910. The van der Waals surface area contributed by atoms with Crippen molar-refractivity contribution in [2.45, 2.75) is 25.8 Å². The van der Waals surface area contributed by atoms with E-state index in [0.717, 1.165) is 0 Å². The summed E-state index contributed by atoms with van der Waals surface area (Å²) >= 11 is 0. The molecule has 6 heteroatoms. The highest BCUT2D eigenvalue weighted by Crippen LogP contribution is 1.95. The number of nitrogens with two attached hydrogens (primary N) is 1. The molecule has 2 amide bonds. The van der Waals surface area contributed by atoms with Gasteiger partial charge in [-0.2, -0.15) is 0 Å². The van der Waals surface area contributed by atoms with Crippen LogP contribution in [0.2, 0.25) is 0 Å². The fourth-order valence-corrected chi connectivity index (χ4v) is 0.898. The Bertz CT molecular complexity index is 236. The SMILES string of the molecule is COCCNC(=O)CCNC(=O)C(C)(C)N. The Morgan fingerprint density at radius 3 is 2.38 bits per heavy atom. The number of ether oxygens (including phenoxy) is 1. The second-order valence-corrected chi connectivity index (χ2v) is 4.07. The van der Waals surface area contributed by atoms with Gasteiger partial charge in [0, 0.05) is 26.6 Å². The van der Waals surface area contributed by atoms with Crippen molar-refractivity contribution >= 4 is 11.8 Å². The lowest BCUT2D eigenvalue weighted by Crippen LogP contribution is -2.49. The highest BCUT2D eigenvalue weighted by molar-refractivity contribution is 5.85. The van der Waals surface area contributed by atoms with Gasteiger partial charge in [-0.15, -0.1) is 0 Å². The lowest BCUT2D eigenvalue weighted by molar-refractivity contribution is -0.125. The Morgan fingerprint density at radius 2 is 1.88 bits per heavy atom. The lowest BCUT2D eigenvalue weighted by Gasteiger charge is -2.17. The van der Waals surface area contributed by atoms with Crippen LogP contribution in [0.4, 0.5) is 0 Å². The van der Waals surface area contributed by atoms with Gasteiger partial charge in [-0.1, -0.05) is 0 Å². The predicted molar refractivity (Wildman–Crippen MR) is 60.8 cm³/mol. The summed E-state index contributed by atoms with van der Waals surface area (Å²) in [5.41, 5.74) is 4.65. The summed E-state index contributed by atoms with van der Waals surface area (Å²) in [6.07, 6.45) is 0.242. The second kappa shape index (κ2) is 7.19. The molecule has 0 aliphatic heterocycles. The summed E-state index contributed by atoms with van der Waals surface area (Å²) in [5.74, 6) is -0.385. The third kappa shape index (κ3) is 7.19. The van der Waals surface area contributed by atoms with E-state index in [1.807, 2.05) is 0 Å². The van der Waals surface area contributed by atoms with Crippen molar-refractivity contribution in [2.75, 3.05) is 26.8 Å².